The molecule has 2 aromatic heterocycles. The van der Waals surface area contributed by atoms with Gasteiger partial charge in [-0.25, -0.2) is 14.6 Å². The predicted octanol–water partition coefficient (Wildman–Crippen LogP) is 2.53. The largest absolute Gasteiger partial charge is 0.478 e. The minimum absolute atomic E-state index is 0.102. The molecule has 2 aromatic rings. The number of rotatable bonds is 8. The molecule has 31 heavy (non-hydrogen) atoms. The lowest BCUT2D eigenvalue weighted by Gasteiger charge is -2.17. The highest BCUT2D eigenvalue weighted by molar-refractivity contribution is 5.89. The summed E-state index contributed by atoms with van der Waals surface area (Å²) in [7, 11) is 0. The molecule has 0 bridgehead atoms. The molecule has 0 radical (unpaired) electrons. The van der Waals surface area contributed by atoms with Gasteiger partial charge in [-0.1, -0.05) is 5.16 Å². The number of hydrogen-bond donors (Lipinski definition) is 3. The molecule has 13 heteroatoms. The van der Waals surface area contributed by atoms with Crippen LogP contribution in [0, 0.1) is 11.3 Å². The van der Waals surface area contributed by atoms with Crippen molar-refractivity contribution in [1.82, 2.24) is 10.1 Å². The van der Waals surface area contributed by atoms with Crippen molar-refractivity contribution < 1.29 is 42.2 Å². The normalized spacial score (nSPS) is 11.8. The summed E-state index contributed by atoms with van der Waals surface area (Å²) in [6.45, 7) is 0.370. The maximum Gasteiger partial charge on any atom is 0.433 e. The molecule has 0 fully saturated rings. The fourth-order valence-corrected chi connectivity index (χ4v) is 2.00. The molecule has 0 spiro atoms. The maximum atomic E-state index is 12.8. The van der Waals surface area contributed by atoms with E-state index >= 15 is 0 Å². The molecular weight excluding hydrogens is 425 g/mol. The zero-order chi connectivity index (χ0) is 23.4. The molecule has 0 aliphatic rings. The molecule has 1 unspecified atom stereocenters. The van der Waals surface area contributed by atoms with Gasteiger partial charge in [0.05, 0.1) is 6.20 Å². The van der Waals surface area contributed by atoms with Crippen LogP contribution < -0.4 is 10.5 Å². The van der Waals surface area contributed by atoms with E-state index in [2.05, 4.69) is 10.1 Å². The van der Waals surface area contributed by atoms with E-state index in [4.69, 9.17) is 30.5 Å². The van der Waals surface area contributed by atoms with E-state index in [-0.39, 0.29) is 5.56 Å². The fraction of sp³-hybridized carbons (Fsp3) is 0.278. The average molecular weight is 442 g/mol. The van der Waals surface area contributed by atoms with Crippen molar-refractivity contribution in [3.05, 3.63) is 53.6 Å². The van der Waals surface area contributed by atoms with Crippen molar-refractivity contribution >= 4 is 11.9 Å². The van der Waals surface area contributed by atoms with Gasteiger partial charge in [-0.15, -0.1) is 0 Å². The van der Waals surface area contributed by atoms with Crippen molar-refractivity contribution in [2.24, 2.45) is 5.73 Å². The Morgan fingerprint density at radius 2 is 1.90 bits per heavy atom. The number of aliphatic carboxylic acids is 2. The topological polar surface area (TPSA) is 173 Å². The number of nitriles is 1. The van der Waals surface area contributed by atoms with Gasteiger partial charge in [0, 0.05) is 18.2 Å². The van der Waals surface area contributed by atoms with Crippen LogP contribution in [-0.2, 0) is 15.8 Å². The fourth-order valence-electron chi connectivity index (χ4n) is 2.00. The second-order valence-corrected chi connectivity index (χ2v) is 5.62. The first-order valence-corrected chi connectivity index (χ1v) is 8.48. The van der Waals surface area contributed by atoms with Crippen LogP contribution in [0.2, 0.25) is 0 Å². The van der Waals surface area contributed by atoms with Gasteiger partial charge in [0.2, 0.25) is 5.88 Å². The lowest BCUT2D eigenvalue weighted by atomic mass is 10.1. The number of halogens is 3. The van der Waals surface area contributed by atoms with Gasteiger partial charge in [-0.05, 0) is 31.5 Å². The standard InChI is InChI=1S/C14H13F3N4O2.C4H4O4/c15-14(16,17)12-4-3-9(8-19)13(21-12)22-10(2-1-6-18)11-5-7-20-23-11;5-3(6)1-2-4(7)8/h3-5,7,10H,1-2,6,18H2;1-2H,(H,5,6)(H,7,8)/b;2-1+. The summed E-state index contributed by atoms with van der Waals surface area (Å²) in [5.74, 6) is -2.60. The molecule has 2 heterocycles. The van der Waals surface area contributed by atoms with Gasteiger partial charge in [0.15, 0.2) is 11.9 Å². The van der Waals surface area contributed by atoms with Crippen molar-refractivity contribution in [2.75, 3.05) is 6.54 Å². The van der Waals surface area contributed by atoms with E-state index in [9.17, 15) is 22.8 Å². The van der Waals surface area contributed by atoms with Crippen LogP contribution in [-0.4, -0.2) is 38.8 Å². The van der Waals surface area contributed by atoms with E-state index in [0.717, 1.165) is 12.1 Å². The van der Waals surface area contributed by atoms with E-state index in [1.54, 1.807) is 6.07 Å². The summed E-state index contributed by atoms with van der Waals surface area (Å²) in [6, 6.07) is 5.03. The minimum atomic E-state index is -4.63. The lowest BCUT2D eigenvalue weighted by molar-refractivity contribution is -0.141. The van der Waals surface area contributed by atoms with Crippen molar-refractivity contribution in [3.8, 4) is 11.9 Å². The Kier molecular flexibility index (Phi) is 9.67. The van der Waals surface area contributed by atoms with Crippen LogP contribution in [0.1, 0.15) is 36.0 Å². The number of nitrogens with zero attached hydrogens (tertiary/aromatic N) is 3. The number of ether oxygens (including phenoxy) is 1. The second kappa shape index (κ2) is 11.9. The van der Waals surface area contributed by atoms with Crippen molar-refractivity contribution in [3.63, 3.8) is 0 Å². The zero-order valence-corrected chi connectivity index (χ0v) is 15.7. The number of hydrogen-bond acceptors (Lipinski definition) is 8. The highest BCUT2D eigenvalue weighted by Gasteiger charge is 2.34. The number of carboxylic acids is 2. The molecule has 0 amide bonds. The molecule has 0 aliphatic carbocycles. The van der Waals surface area contributed by atoms with E-state index in [0.29, 0.717) is 37.3 Å². The molecule has 0 saturated heterocycles. The number of alkyl halides is 3. The second-order valence-electron chi connectivity index (χ2n) is 5.62. The monoisotopic (exact) mass is 442 g/mol. The summed E-state index contributed by atoms with van der Waals surface area (Å²) in [4.78, 5) is 22.5. The zero-order valence-electron chi connectivity index (χ0n) is 15.7. The van der Waals surface area contributed by atoms with Gasteiger partial charge >= 0.3 is 18.1 Å². The number of aromatic nitrogens is 2. The molecule has 0 saturated carbocycles. The van der Waals surface area contributed by atoms with Crippen LogP contribution in [0.15, 0.2) is 41.1 Å². The predicted molar refractivity (Wildman–Crippen MR) is 96.5 cm³/mol. The lowest BCUT2D eigenvalue weighted by Crippen LogP contribution is -2.14. The van der Waals surface area contributed by atoms with Gasteiger partial charge in [0.25, 0.3) is 0 Å². The van der Waals surface area contributed by atoms with Gasteiger partial charge in [-0.3, -0.25) is 0 Å². The third kappa shape index (κ3) is 8.96. The molecule has 4 N–H and O–H groups in total. The summed E-state index contributed by atoms with van der Waals surface area (Å²) < 4.78 is 48.8. The molecule has 10 nitrogen and oxygen atoms in total. The highest BCUT2D eigenvalue weighted by atomic mass is 19.4. The Morgan fingerprint density at radius 3 is 2.35 bits per heavy atom. The molecule has 0 aromatic carbocycles. The first kappa shape index (κ1) is 25.1. The smallest absolute Gasteiger partial charge is 0.433 e. The number of nitrogens with two attached hydrogens (primary N) is 1. The molecule has 0 aliphatic heterocycles. The average Bonchev–Trinajstić information content (AvgIpc) is 3.24. The Hall–Kier alpha value is -3.92. The van der Waals surface area contributed by atoms with E-state index in [1.807, 2.05) is 0 Å². The van der Waals surface area contributed by atoms with Gasteiger partial charge < -0.3 is 25.2 Å². The Bertz CT molecular complexity index is 923. The maximum absolute atomic E-state index is 12.8. The van der Waals surface area contributed by atoms with Crippen LogP contribution in [0.4, 0.5) is 13.2 Å². The minimum Gasteiger partial charge on any atom is -0.478 e. The van der Waals surface area contributed by atoms with Gasteiger partial charge in [-0.2, -0.15) is 18.4 Å². The van der Waals surface area contributed by atoms with Crippen LogP contribution in [0.3, 0.4) is 0 Å². The summed E-state index contributed by atoms with van der Waals surface area (Å²) in [5.41, 5.74) is 4.20. The van der Waals surface area contributed by atoms with Crippen molar-refractivity contribution in [2.45, 2.75) is 25.1 Å². The van der Waals surface area contributed by atoms with Crippen LogP contribution in [0.5, 0.6) is 5.88 Å². The first-order chi connectivity index (χ1) is 14.6. The summed E-state index contributed by atoms with van der Waals surface area (Å²) in [6.07, 6.45) is -1.93. The molecule has 166 valence electrons. The number of carbonyl (C=O) groups is 2. The molecular formula is C18H17F3N4O6. The van der Waals surface area contributed by atoms with Crippen LogP contribution in [0.25, 0.3) is 0 Å². The van der Waals surface area contributed by atoms with Crippen LogP contribution >= 0.6 is 0 Å². The highest BCUT2D eigenvalue weighted by Crippen LogP contribution is 2.32. The van der Waals surface area contributed by atoms with Gasteiger partial charge in [0.1, 0.15) is 17.3 Å². The van der Waals surface area contributed by atoms with E-state index in [1.165, 1.54) is 12.3 Å². The third-order valence-electron chi connectivity index (χ3n) is 3.34. The van der Waals surface area contributed by atoms with E-state index < -0.39 is 35.8 Å². The Balaban J connectivity index is 0.000000512. The number of carboxylic acid groups (broad SMARTS) is 2. The Labute approximate surface area is 173 Å². The third-order valence-corrected chi connectivity index (χ3v) is 3.34. The quantitative estimate of drug-likeness (QED) is 0.516. The first-order valence-electron chi connectivity index (χ1n) is 8.48. The summed E-state index contributed by atoms with van der Waals surface area (Å²) >= 11 is 0. The molecule has 2 rings (SSSR count). The summed E-state index contributed by atoms with van der Waals surface area (Å²) in [5, 5.41) is 28.2. The Morgan fingerprint density at radius 1 is 1.26 bits per heavy atom. The number of pyridine rings is 1. The van der Waals surface area contributed by atoms with Crippen molar-refractivity contribution in [1.29, 1.82) is 5.26 Å². The molecule has 1 atom stereocenters. The SMILES string of the molecule is N#Cc1ccc(C(F)(F)F)nc1OC(CCCN)c1ccno1.O=C(O)/C=C/C(=O)O.